The number of rotatable bonds is 6. The van der Waals surface area contributed by atoms with Gasteiger partial charge in [-0.2, -0.15) is 17.9 Å². The first kappa shape index (κ1) is 11.9. The van der Waals surface area contributed by atoms with Gasteiger partial charge in [0.05, 0.1) is 18.2 Å². The van der Waals surface area contributed by atoms with Gasteiger partial charge in [0.25, 0.3) is 0 Å². The maximum atomic E-state index is 8.69. The van der Waals surface area contributed by atoms with E-state index in [2.05, 4.69) is 18.7 Å². The molecule has 0 aromatic heterocycles. The third-order valence-electron chi connectivity index (χ3n) is 2.03. The zero-order chi connectivity index (χ0) is 10.9. The van der Waals surface area contributed by atoms with Crippen LogP contribution in [-0.2, 0) is 0 Å². The molecule has 0 saturated carbocycles. The van der Waals surface area contributed by atoms with Crippen molar-refractivity contribution >= 4 is 12.6 Å². The molecule has 0 radical (unpaired) electrons. The third kappa shape index (κ3) is 4.75. The van der Waals surface area contributed by atoms with E-state index in [-0.39, 0.29) is 0 Å². The predicted octanol–water partition coefficient (Wildman–Crippen LogP) is 3.04. The molecular weight excluding hydrogens is 206 g/mol. The van der Waals surface area contributed by atoms with Crippen molar-refractivity contribution in [2.75, 3.05) is 12.4 Å². The Bertz CT molecular complexity index is 333. The lowest BCUT2D eigenvalue weighted by molar-refractivity contribution is 0.306. The van der Waals surface area contributed by atoms with Crippen LogP contribution >= 0.6 is 12.6 Å². The molecule has 1 rings (SSSR count). The average molecular weight is 221 g/mol. The number of ether oxygens (including phenoxy) is 1. The van der Waals surface area contributed by atoms with Crippen molar-refractivity contribution in [3.63, 3.8) is 0 Å². The maximum absolute atomic E-state index is 8.69. The zero-order valence-corrected chi connectivity index (χ0v) is 9.54. The molecule has 0 atom stereocenters. The SMILES string of the molecule is N#Cc1cccc(OCCCCCS)c1. The second-order valence-electron chi connectivity index (χ2n) is 3.27. The van der Waals surface area contributed by atoms with Gasteiger partial charge in [-0.15, -0.1) is 0 Å². The van der Waals surface area contributed by atoms with Crippen molar-refractivity contribution < 1.29 is 4.74 Å². The Kier molecular flexibility index (Phi) is 5.72. The average Bonchev–Trinajstić information content (AvgIpc) is 2.29. The van der Waals surface area contributed by atoms with Crippen LogP contribution in [0.4, 0.5) is 0 Å². The van der Waals surface area contributed by atoms with Crippen molar-refractivity contribution in [3.05, 3.63) is 29.8 Å². The van der Waals surface area contributed by atoms with Crippen LogP contribution in [0.3, 0.4) is 0 Å². The van der Waals surface area contributed by atoms with Gasteiger partial charge in [0.2, 0.25) is 0 Å². The van der Waals surface area contributed by atoms with Crippen molar-refractivity contribution in [1.29, 1.82) is 5.26 Å². The highest BCUT2D eigenvalue weighted by atomic mass is 32.1. The first-order valence-corrected chi connectivity index (χ1v) is 5.74. The van der Waals surface area contributed by atoms with E-state index in [1.165, 1.54) is 0 Å². The highest BCUT2D eigenvalue weighted by Crippen LogP contribution is 2.13. The van der Waals surface area contributed by atoms with Crippen LogP contribution in [0.1, 0.15) is 24.8 Å². The molecule has 0 heterocycles. The molecule has 2 nitrogen and oxygen atoms in total. The molecule has 0 unspecified atom stereocenters. The van der Waals surface area contributed by atoms with Crippen molar-refractivity contribution in [2.24, 2.45) is 0 Å². The fourth-order valence-corrected chi connectivity index (χ4v) is 1.46. The van der Waals surface area contributed by atoms with Crippen LogP contribution in [-0.4, -0.2) is 12.4 Å². The van der Waals surface area contributed by atoms with Gasteiger partial charge in [-0.25, -0.2) is 0 Å². The first-order chi connectivity index (χ1) is 7.36. The van der Waals surface area contributed by atoms with Crippen LogP contribution < -0.4 is 4.74 Å². The van der Waals surface area contributed by atoms with Gasteiger partial charge >= 0.3 is 0 Å². The van der Waals surface area contributed by atoms with Gasteiger partial charge < -0.3 is 4.74 Å². The minimum atomic E-state index is 0.642. The molecule has 0 N–H and O–H groups in total. The van der Waals surface area contributed by atoms with E-state index in [9.17, 15) is 0 Å². The molecule has 1 aromatic rings. The maximum Gasteiger partial charge on any atom is 0.120 e. The van der Waals surface area contributed by atoms with Crippen molar-refractivity contribution in [1.82, 2.24) is 0 Å². The van der Waals surface area contributed by atoms with Gasteiger partial charge in [-0.1, -0.05) is 6.07 Å². The standard InChI is InChI=1S/C12H15NOS/c13-10-11-5-4-6-12(9-11)14-7-2-1-3-8-15/h4-6,9,15H,1-3,7-8H2. The second kappa shape index (κ2) is 7.19. The van der Waals surface area contributed by atoms with Crippen LogP contribution in [0.15, 0.2) is 24.3 Å². The number of thiol groups is 1. The lowest BCUT2D eigenvalue weighted by Crippen LogP contribution is -1.97. The summed E-state index contributed by atoms with van der Waals surface area (Å²) < 4.78 is 5.52. The molecular formula is C12H15NOS. The fourth-order valence-electron chi connectivity index (χ4n) is 1.24. The Balaban J connectivity index is 2.28. The minimum Gasteiger partial charge on any atom is -0.494 e. The summed E-state index contributed by atoms with van der Waals surface area (Å²) in [4.78, 5) is 0. The molecule has 80 valence electrons. The van der Waals surface area contributed by atoms with E-state index in [1.807, 2.05) is 12.1 Å². The Morgan fingerprint density at radius 3 is 2.87 bits per heavy atom. The van der Waals surface area contributed by atoms with E-state index in [4.69, 9.17) is 10.00 Å². The number of nitriles is 1. The van der Waals surface area contributed by atoms with E-state index in [0.29, 0.717) is 12.2 Å². The number of nitrogens with zero attached hydrogens (tertiary/aromatic N) is 1. The molecule has 0 saturated heterocycles. The summed E-state index contributed by atoms with van der Waals surface area (Å²) in [6.07, 6.45) is 3.31. The van der Waals surface area contributed by atoms with Gasteiger partial charge in [-0.3, -0.25) is 0 Å². The molecule has 1 aromatic carbocycles. The van der Waals surface area contributed by atoms with Crippen LogP contribution in [0.2, 0.25) is 0 Å². The molecule has 0 fully saturated rings. The predicted molar refractivity (Wildman–Crippen MR) is 64.4 cm³/mol. The first-order valence-electron chi connectivity index (χ1n) is 5.10. The van der Waals surface area contributed by atoms with E-state index in [1.54, 1.807) is 12.1 Å². The summed E-state index contributed by atoms with van der Waals surface area (Å²) >= 11 is 4.14. The summed E-state index contributed by atoms with van der Waals surface area (Å²) in [6, 6.07) is 9.33. The number of hydrogen-bond acceptors (Lipinski definition) is 3. The lowest BCUT2D eigenvalue weighted by Gasteiger charge is -2.05. The number of hydrogen-bond donors (Lipinski definition) is 1. The Hall–Kier alpha value is -1.14. The monoisotopic (exact) mass is 221 g/mol. The van der Waals surface area contributed by atoms with Crippen LogP contribution in [0, 0.1) is 11.3 Å². The lowest BCUT2D eigenvalue weighted by atomic mass is 10.2. The summed E-state index contributed by atoms with van der Waals surface area (Å²) in [6.45, 7) is 0.711. The number of benzene rings is 1. The topological polar surface area (TPSA) is 33.0 Å². The molecule has 0 spiro atoms. The Morgan fingerprint density at radius 2 is 2.13 bits per heavy atom. The third-order valence-corrected chi connectivity index (χ3v) is 2.35. The van der Waals surface area contributed by atoms with Crippen molar-refractivity contribution in [2.45, 2.75) is 19.3 Å². The molecule has 0 aliphatic carbocycles. The van der Waals surface area contributed by atoms with Gasteiger partial charge in [0.1, 0.15) is 5.75 Å². The van der Waals surface area contributed by atoms with E-state index in [0.717, 1.165) is 30.8 Å². The molecule has 0 amide bonds. The summed E-state index contributed by atoms with van der Waals surface area (Å²) in [5, 5.41) is 8.69. The van der Waals surface area contributed by atoms with E-state index >= 15 is 0 Å². The largest absolute Gasteiger partial charge is 0.494 e. The van der Waals surface area contributed by atoms with Crippen LogP contribution in [0.25, 0.3) is 0 Å². The van der Waals surface area contributed by atoms with E-state index < -0.39 is 0 Å². The summed E-state index contributed by atoms with van der Waals surface area (Å²) in [7, 11) is 0. The normalized spacial score (nSPS) is 9.60. The Morgan fingerprint density at radius 1 is 1.27 bits per heavy atom. The van der Waals surface area contributed by atoms with Crippen molar-refractivity contribution in [3.8, 4) is 11.8 Å². The van der Waals surface area contributed by atoms with Gasteiger partial charge in [-0.05, 0) is 43.2 Å². The van der Waals surface area contributed by atoms with Gasteiger partial charge in [0, 0.05) is 0 Å². The summed E-state index contributed by atoms with van der Waals surface area (Å²) in [5.41, 5.74) is 0.642. The highest BCUT2D eigenvalue weighted by Gasteiger charge is 1.95. The van der Waals surface area contributed by atoms with Crippen LogP contribution in [0.5, 0.6) is 5.75 Å². The molecule has 0 aliphatic heterocycles. The smallest absolute Gasteiger partial charge is 0.120 e. The molecule has 3 heteroatoms. The highest BCUT2D eigenvalue weighted by molar-refractivity contribution is 7.80. The second-order valence-corrected chi connectivity index (χ2v) is 3.72. The summed E-state index contributed by atoms with van der Waals surface area (Å²) in [5.74, 6) is 1.71. The fraction of sp³-hybridized carbons (Fsp3) is 0.417. The zero-order valence-electron chi connectivity index (χ0n) is 8.65. The van der Waals surface area contributed by atoms with Gasteiger partial charge in [0.15, 0.2) is 0 Å². The molecule has 0 aliphatic rings. The molecule has 0 bridgehead atoms. The Labute approximate surface area is 96.3 Å². The quantitative estimate of drug-likeness (QED) is 0.591. The minimum absolute atomic E-state index is 0.642. The number of unbranched alkanes of at least 4 members (excludes halogenated alkanes) is 2. The molecule has 15 heavy (non-hydrogen) atoms.